The fourth-order valence-electron chi connectivity index (χ4n) is 9.70. The van der Waals surface area contributed by atoms with E-state index in [4.69, 9.17) is 14.2 Å². The van der Waals surface area contributed by atoms with Crippen molar-refractivity contribution in [3.05, 3.63) is 72.9 Å². The van der Waals surface area contributed by atoms with Crippen molar-refractivity contribution >= 4 is 17.9 Å². The quantitative estimate of drug-likeness (QED) is 0.0261. The van der Waals surface area contributed by atoms with Crippen molar-refractivity contribution < 1.29 is 28.6 Å². The van der Waals surface area contributed by atoms with Gasteiger partial charge in [0, 0.05) is 19.3 Å². The van der Waals surface area contributed by atoms with Crippen molar-refractivity contribution in [3.63, 3.8) is 0 Å². The van der Waals surface area contributed by atoms with Crippen LogP contribution >= 0.6 is 0 Å². The molecular formula is C71H126O6. The first-order valence-corrected chi connectivity index (χ1v) is 33.4. The number of esters is 3. The molecule has 0 aromatic heterocycles. The first-order valence-electron chi connectivity index (χ1n) is 33.4. The second-order valence-corrected chi connectivity index (χ2v) is 22.4. The molecule has 0 aliphatic carbocycles. The second kappa shape index (κ2) is 65.4. The van der Waals surface area contributed by atoms with Crippen LogP contribution in [-0.4, -0.2) is 37.2 Å². The molecule has 6 nitrogen and oxygen atoms in total. The molecule has 0 aliphatic heterocycles. The predicted molar refractivity (Wildman–Crippen MR) is 335 cm³/mol. The Morgan fingerprint density at radius 2 is 0.506 bits per heavy atom. The van der Waals surface area contributed by atoms with Crippen molar-refractivity contribution in [2.24, 2.45) is 0 Å². The van der Waals surface area contributed by atoms with Gasteiger partial charge in [0.25, 0.3) is 0 Å². The van der Waals surface area contributed by atoms with Crippen LogP contribution in [-0.2, 0) is 28.6 Å². The Hall–Kier alpha value is -3.15. The Balaban J connectivity index is 4.29. The largest absolute Gasteiger partial charge is 0.462 e. The van der Waals surface area contributed by atoms with Gasteiger partial charge in [0.1, 0.15) is 13.2 Å². The van der Waals surface area contributed by atoms with Gasteiger partial charge < -0.3 is 14.2 Å². The number of rotatable bonds is 61. The number of hydrogen-bond donors (Lipinski definition) is 0. The third kappa shape index (κ3) is 63.6. The maximum absolute atomic E-state index is 12.9. The average Bonchev–Trinajstić information content (AvgIpc) is 3.43. The average molecular weight is 1080 g/mol. The van der Waals surface area contributed by atoms with Crippen LogP contribution in [0.2, 0.25) is 0 Å². The van der Waals surface area contributed by atoms with Crippen LogP contribution in [0.15, 0.2) is 72.9 Å². The van der Waals surface area contributed by atoms with Crippen molar-refractivity contribution in [1.29, 1.82) is 0 Å². The smallest absolute Gasteiger partial charge is 0.306 e. The summed E-state index contributed by atoms with van der Waals surface area (Å²) in [4.78, 5) is 38.4. The molecule has 1 unspecified atom stereocenters. The van der Waals surface area contributed by atoms with Gasteiger partial charge in [0.15, 0.2) is 6.10 Å². The summed E-state index contributed by atoms with van der Waals surface area (Å²) in [6, 6.07) is 0. The van der Waals surface area contributed by atoms with E-state index in [0.29, 0.717) is 19.3 Å². The normalized spacial score (nSPS) is 12.5. The molecule has 0 aromatic carbocycles. The SMILES string of the molecule is CC/C=C\C/C=C\C/C=C\C/C=C\C/C=C\CCCCCCCCCCCCCC(=O)OCC(COC(=O)CCCCCCCCCCCCCCCCC)OC(=O)CCCCCCCCC/C=C\CCCCCCCC. The minimum absolute atomic E-state index is 0.0735. The molecule has 0 bridgehead atoms. The van der Waals surface area contributed by atoms with Crippen molar-refractivity contribution in [1.82, 2.24) is 0 Å². The lowest BCUT2D eigenvalue weighted by Crippen LogP contribution is -2.30. The summed E-state index contributed by atoms with van der Waals surface area (Å²) < 4.78 is 17.0. The summed E-state index contributed by atoms with van der Waals surface area (Å²) in [5.74, 6) is -0.862. The van der Waals surface area contributed by atoms with Crippen LogP contribution < -0.4 is 0 Å². The molecule has 0 amide bonds. The molecule has 0 spiro atoms. The minimum atomic E-state index is -0.778. The van der Waals surface area contributed by atoms with Gasteiger partial charge in [-0.3, -0.25) is 14.4 Å². The van der Waals surface area contributed by atoms with Crippen LogP contribution in [0, 0.1) is 0 Å². The molecule has 0 radical (unpaired) electrons. The fraction of sp³-hybridized carbons (Fsp3) is 0.789. The van der Waals surface area contributed by atoms with E-state index in [0.717, 1.165) is 89.9 Å². The van der Waals surface area contributed by atoms with Gasteiger partial charge in [-0.15, -0.1) is 0 Å². The zero-order valence-electron chi connectivity index (χ0n) is 51.2. The zero-order chi connectivity index (χ0) is 55.7. The van der Waals surface area contributed by atoms with E-state index >= 15 is 0 Å². The highest BCUT2D eigenvalue weighted by atomic mass is 16.6. The molecule has 0 aromatic rings. The predicted octanol–water partition coefficient (Wildman–Crippen LogP) is 22.9. The van der Waals surface area contributed by atoms with Gasteiger partial charge >= 0.3 is 17.9 Å². The maximum atomic E-state index is 12.9. The Bertz CT molecular complexity index is 1420. The highest BCUT2D eigenvalue weighted by Crippen LogP contribution is 2.17. The van der Waals surface area contributed by atoms with Gasteiger partial charge in [-0.25, -0.2) is 0 Å². The van der Waals surface area contributed by atoms with Crippen molar-refractivity contribution in [2.75, 3.05) is 13.2 Å². The molecular weight excluding hydrogens is 949 g/mol. The summed E-state index contributed by atoms with van der Waals surface area (Å²) in [5.41, 5.74) is 0. The van der Waals surface area contributed by atoms with E-state index in [2.05, 4.69) is 93.7 Å². The van der Waals surface area contributed by atoms with Gasteiger partial charge in [-0.2, -0.15) is 0 Å². The van der Waals surface area contributed by atoms with Crippen LogP contribution in [0.5, 0.6) is 0 Å². The van der Waals surface area contributed by atoms with E-state index in [1.54, 1.807) is 0 Å². The lowest BCUT2D eigenvalue weighted by molar-refractivity contribution is -0.167. The van der Waals surface area contributed by atoms with E-state index < -0.39 is 6.10 Å². The Morgan fingerprint density at radius 1 is 0.273 bits per heavy atom. The van der Waals surface area contributed by atoms with Gasteiger partial charge in [0.2, 0.25) is 0 Å². The topological polar surface area (TPSA) is 78.9 Å². The van der Waals surface area contributed by atoms with E-state index in [9.17, 15) is 14.4 Å². The summed E-state index contributed by atoms with van der Waals surface area (Å²) in [6.07, 6.45) is 84.8. The van der Waals surface area contributed by atoms with E-state index in [1.165, 1.54) is 212 Å². The molecule has 0 heterocycles. The Morgan fingerprint density at radius 3 is 0.805 bits per heavy atom. The first-order chi connectivity index (χ1) is 38.0. The van der Waals surface area contributed by atoms with Crippen LogP contribution in [0.1, 0.15) is 342 Å². The third-order valence-corrected chi connectivity index (χ3v) is 14.7. The minimum Gasteiger partial charge on any atom is -0.462 e. The van der Waals surface area contributed by atoms with Gasteiger partial charge in [0.05, 0.1) is 0 Å². The molecule has 0 aliphatic rings. The van der Waals surface area contributed by atoms with E-state index in [-0.39, 0.29) is 31.1 Å². The number of carbonyl (C=O) groups is 3. The van der Waals surface area contributed by atoms with Crippen LogP contribution in [0.25, 0.3) is 0 Å². The second-order valence-electron chi connectivity index (χ2n) is 22.4. The Labute approximate surface area is 478 Å². The summed E-state index contributed by atoms with van der Waals surface area (Å²) in [6.45, 7) is 6.57. The van der Waals surface area contributed by atoms with Crippen LogP contribution in [0.3, 0.4) is 0 Å². The number of ether oxygens (including phenoxy) is 3. The first kappa shape index (κ1) is 73.8. The molecule has 0 fully saturated rings. The maximum Gasteiger partial charge on any atom is 0.306 e. The molecule has 0 rings (SSSR count). The number of hydrogen-bond acceptors (Lipinski definition) is 6. The third-order valence-electron chi connectivity index (χ3n) is 14.7. The number of unbranched alkanes of at least 4 members (excludes halogenated alkanes) is 38. The Kier molecular flexibility index (Phi) is 62.7. The molecule has 0 saturated heterocycles. The molecule has 0 N–H and O–H groups in total. The van der Waals surface area contributed by atoms with Gasteiger partial charge in [-0.05, 0) is 89.9 Å². The molecule has 1 atom stereocenters. The number of carbonyl (C=O) groups excluding carboxylic acids is 3. The molecule has 6 heteroatoms. The summed E-state index contributed by atoms with van der Waals surface area (Å²) in [5, 5.41) is 0. The molecule has 0 saturated carbocycles. The monoisotopic (exact) mass is 1070 g/mol. The highest BCUT2D eigenvalue weighted by molar-refractivity contribution is 5.71. The fourth-order valence-corrected chi connectivity index (χ4v) is 9.70. The zero-order valence-corrected chi connectivity index (χ0v) is 51.2. The standard InChI is InChI=1S/C71H126O6/c1-4-7-10-13-16-19-22-25-28-30-31-32-33-34-35-36-37-38-39-41-43-46-49-52-55-58-61-64-70(73)76-67-68(66-75-69(72)63-60-57-54-51-48-45-42-27-24-21-18-15-12-9-6-3)77-71(74)65-62-59-56-53-50-47-44-40-29-26-23-20-17-14-11-8-5-2/h7,10,16,19,25-26,28-29,31-32,34-35,68H,4-6,8-9,11-15,17-18,20-24,27,30,33,36-67H2,1-3H3/b10-7-,19-16-,28-25-,29-26-,32-31-,35-34-. The van der Waals surface area contributed by atoms with Crippen LogP contribution in [0.4, 0.5) is 0 Å². The summed E-state index contributed by atoms with van der Waals surface area (Å²) in [7, 11) is 0. The summed E-state index contributed by atoms with van der Waals surface area (Å²) >= 11 is 0. The molecule has 446 valence electrons. The number of allylic oxidation sites excluding steroid dienone is 12. The van der Waals surface area contributed by atoms with Gasteiger partial charge in [-0.1, -0.05) is 306 Å². The van der Waals surface area contributed by atoms with Crippen molar-refractivity contribution in [2.45, 2.75) is 348 Å². The van der Waals surface area contributed by atoms with E-state index in [1.807, 2.05) is 0 Å². The lowest BCUT2D eigenvalue weighted by Gasteiger charge is -2.18. The lowest BCUT2D eigenvalue weighted by atomic mass is 10.0. The van der Waals surface area contributed by atoms with Crippen molar-refractivity contribution in [3.8, 4) is 0 Å². The highest BCUT2D eigenvalue weighted by Gasteiger charge is 2.19. The molecule has 77 heavy (non-hydrogen) atoms.